The van der Waals surface area contributed by atoms with Crippen molar-refractivity contribution in [1.29, 1.82) is 0 Å². The number of nitrogens with one attached hydrogen (secondary N) is 1. The Bertz CT molecular complexity index is 736. The second-order valence-electron chi connectivity index (χ2n) is 4.79. The predicted molar refractivity (Wildman–Crippen MR) is 97.3 cm³/mol. The molecule has 1 aliphatic rings. The zero-order chi connectivity index (χ0) is 15.5. The van der Waals surface area contributed by atoms with Crippen molar-refractivity contribution < 1.29 is 9.59 Å². The van der Waals surface area contributed by atoms with E-state index in [-0.39, 0.29) is 18.4 Å². The summed E-state index contributed by atoms with van der Waals surface area (Å²) in [5.74, 6) is 0.131. The lowest BCUT2D eigenvalue weighted by Gasteiger charge is -2.28. The van der Waals surface area contributed by atoms with Gasteiger partial charge in [-0.1, -0.05) is 18.2 Å². The molecule has 0 atom stereocenters. The minimum Gasteiger partial charge on any atom is -0.325 e. The molecular weight excluding hydrogens is 411 g/mol. The van der Waals surface area contributed by atoms with Crippen LogP contribution in [0.5, 0.6) is 0 Å². The summed E-state index contributed by atoms with van der Waals surface area (Å²) < 4.78 is 1.05. The summed E-state index contributed by atoms with van der Waals surface area (Å²) in [5.41, 5.74) is 1.55. The molecule has 112 valence electrons. The van der Waals surface area contributed by atoms with Crippen LogP contribution in [0.1, 0.15) is 0 Å². The Balaban J connectivity index is 1.75. The van der Waals surface area contributed by atoms with Gasteiger partial charge in [-0.05, 0) is 52.9 Å². The molecule has 0 unspecified atom stereocenters. The summed E-state index contributed by atoms with van der Waals surface area (Å²) >= 11 is 3.70. The number of carbonyl (C=O) groups excluding carboxylic acids is 2. The Kier molecular flexibility index (Phi) is 4.68. The van der Waals surface area contributed by atoms with Gasteiger partial charge in [0.25, 0.3) is 0 Å². The Hall–Kier alpha value is -1.54. The molecule has 22 heavy (non-hydrogen) atoms. The number of para-hydroxylation sites is 1. The minimum absolute atomic E-state index is 0.0296. The van der Waals surface area contributed by atoms with Crippen molar-refractivity contribution in [3.05, 3.63) is 52.1 Å². The van der Waals surface area contributed by atoms with Gasteiger partial charge in [-0.2, -0.15) is 0 Å². The highest BCUT2D eigenvalue weighted by Gasteiger charge is 2.26. The van der Waals surface area contributed by atoms with Crippen LogP contribution in [0.25, 0.3) is 0 Å². The van der Waals surface area contributed by atoms with E-state index in [0.717, 1.165) is 19.8 Å². The summed E-state index contributed by atoms with van der Waals surface area (Å²) in [6.45, 7) is 0.0296. The Morgan fingerprint density at radius 2 is 2.05 bits per heavy atom. The maximum Gasteiger partial charge on any atom is 0.244 e. The molecule has 0 bridgehead atoms. The molecule has 1 N–H and O–H groups in total. The number of carbonyl (C=O) groups is 2. The van der Waals surface area contributed by atoms with E-state index in [2.05, 4.69) is 27.9 Å². The maximum atomic E-state index is 12.2. The first-order chi connectivity index (χ1) is 10.6. The molecule has 0 fully saturated rings. The highest BCUT2D eigenvalue weighted by molar-refractivity contribution is 14.1. The van der Waals surface area contributed by atoms with Crippen molar-refractivity contribution in [2.45, 2.75) is 4.90 Å². The monoisotopic (exact) mass is 424 g/mol. The third-order valence-corrected chi connectivity index (χ3v) is 4.94. The molecule has 2 aromatic carbocycles. The number of hydrogen-bond acceptors (Lipinski definition) is 3. The van der Waals surface area contributed by atoms with Crippen molar-refractivity contribution in [1.82, 2.24) is 0 Å². The first-order valence-electron chi connectivity index (χ1n) is 6.71. The average molecular weight is 424 g/mol. The van der Waals surface area contributed by atoms with Gasteiger partial charge in [0.2, 0.25) is 11.8 Å². The van der Waals surface area contributed by atoms with Crippen molar-refractivity contribution in [2.75, 3.05) is 22.5 Å². The molecule has 0 aromatic heterocycles. The van der Waals surface area contributed by atoms with E-state index in [9.17, 15) is 9.59 Å². The standard InChI is InChI=1S/C16H13IN2O2S/c17-11-4-3-5-12(8-11)18-15(20)9-19-13-6-1-2-7-14(13)22-10-16(19)21/h1-8H,9-10H2,(H,18,20). The van der Waals surface area contributed by atoms with Crippen LogP contribution in [-0.4, -0.2) is 24.1 Å². The van der Waals surface area contributed by atoms with Gasteiger partial charge in [0, 0.05) is 14.2 Å². The fourth-order valence-electron chi connectivity index (χ4n) is 2.24. The van der Waals surface area contributed by atoms with Gasteiger partial charge in [0.1, 0.15) is 6.54 Å². The zero-order valence-electron chi connectivity index (χ0n) is 11.6. The lowest BCUT2D eigenvalue weighted by Crippen LogP contribution is -2.41. The molecule has 2 aromatic rings. The number of hydrogen-bond donors (Lipinski definition) is 1. The number of amides is 2. The smallest absolute Gasteiger partial charge is 0.244 e. The number of thioether (sulfide) groups is 1. The van der Waals surface area contributed by atoms with Gasteiger partial charge in [-0.15, -0.1) is 11.8 Å². The van der Waals surface area contributed by atoms with E-state index in [1.165, 1.54) is 11.8 Å². The molecule has 0 radical (unpaired) electrons. The molecule has 6 heteroatoms. The van der Waals surface area contributed by atoms with Crippen LogP contribution in [0, 0.1) is 3.57 Å². The van der Waals surface area contributed by atoms with Crippen LogP contribution < -0.4 is 10.2 Å². The van der Waals surface area contributed by atoms with Crippen LogP contribution in [-0.2, 0) is 9.59 Å². The fourth-order valence-corrected chi connectivity index (χ4v) is 3.72. The van der Waals surface area contributed by atoms with Gasteiger partial charge in [0.15, 0.2) is 0 Å². The van der Waals surface area contributed by atoms with Gasteiger partial charge >= 0.3 is 0 Å². The quantitative estimate of drug-likeness (QED) is 0.769. The van der Waals surface area contributed by atoms with Crippen LogP contribution in [0.3, 0.4) is 0 Å². The van der Waals surface area contributed by atoms with Gasteiger partial charge in [-0.3, -0.25) is 9.59 Å². The normalized spacial score (nSPS) is 13.7. The average Bonchev–Trinajstić information content (AvgIpc) is 2.50. The lowest BCUT2D eigenvalue weighted by molar-refractivity contribution is -0.120. The number of benzene rings is 2. The highest BCUT2D eigenvalue weighted by Crippen LogP contribution is 2.34. The maximum absolute atomic E-state index is 12.2. The van der Waals surface area contributed by atoms with Crippen molar-refractivity contribution in [3.8, 4) is 0 Å². The van der Waals surface area contributed by atoms with E-state index in [1.807, 2.05) is 48.5 Å². The van der Waals surface area contributed by atoms with Crippen LogP contribution >= 0.6 is 34.4 Å². The van der Waals surface area contributed by atoms with Crippen molar-refractivity contribution in [3.63, 3.8) is 0 Å². The Morgan fingerprint density at radius 3 is 2.86 bits per heavy atom. The molecule has 4 nitrogen and oxygen atoms in total. The van der Waals surface area contributed by atoms with E-state index < -0.39 is 0 Å². The topological polar surface area (TPSA) is 49.4 Å². The van der Waals surface area contributed by atoms with Crippen LogP contribution in [0.15, 0.2) is 53.4 Å². The summed E-state index contributed by atoms with van der Waals surface area (Å²) in [6, 6.07) is 15.2. The first-order valence-corrected chi connectivity index (χ1v) is 8.77. The third kappa shape index (κ3) is 3.44. The SMILES string of the molecule is O=C(CN1C(=O)CSc2ccccc21)Nc1cccc(I)c1. The van der Waals surface area contributed by atoms with Crippen molar-refractivity contribution >= 4 is 57.5 Å². The molecule has 0 aliphatic carbocycles. The number of nitrogens with zero attached hydrogens (tertiary/aromatic N) is 1. The lowest BCUT2D eigenvalue weighted by atomic mass is 10.2. The van der Waals surface area contributed by atoms with Crippen LogP contribution in [0.4, 0.5) is 11.4 Å². The van der Waals surface area contributed by atoms with E-state index in [1.54, 1.807) is 4.90 Å². The van der Waals surface area contributed by atoms with Gasteiger partial charge in [0.05, 0.1) is 11.4 Å². The fraction of sp³-hybridized carbons (Fsp3) is 0.125. The van der Waals surface area contributed by atoms with Gasteiger partial charge in [-0.25, -0.2) is 0 Å². The Morgan fingerprint density at radius 1 is 1.23 bits per heavy atom. The van der Waals surface area contributed by atoms with E-state index in [0.29, 0.717) is 5.75 Å². The molecule has 0 spiro atoms. The molecule has 2 amide bonds. The van der Waals surface area contributed by atoms with Crippen LogP contribution in [0.2, 0.25) is 0 Å². The number of halogens is 1. The number of anilines is 2. The van der Waals surface area contributed by atoms with E-state index in [4.69, 9.17) is 0 Å². The zero-order valence-corrected chi connectivity index (χ0v) is 14.6. The molecule has 1 heterocycles. The predicted octanol–water partition coefficient (Wildman–Crippen LogP) is 3.37. The second-order valence-corrected chi connectivity index (χ2v) is 7.06. The molecule has 0 saturated carbocycles. The third-order valence-electron chi connectivity index (χ3n) is 3.22. The second kappa shape index (κ2) is 6.70. The minimum atomic E-state index is -0.197. The van der Waals surface area contributed by atoms with Gasteiger partial charge < -0.3 is 10.2 Å². The first kappa shape index (κ1) is 15.4. The van der Waals surface area contributed by atoms with Crippen molar-refractivity contribution in [2.24, 2.45) is 0 Å². The molecular formula is C16H13IN2O2S. The highest BCUT2D eigenvalue weighted by atomic mass is 127. The number of rotatable bonds is 3. The summed E-state index contributed by atoms with van der Waals surface area (Å²) in [4.78, 5) is 26.9. The van der Waals surface area contributed by atoms with E-state index >= 15 is 0 Å². The summed E-state index contributed by atoms with van der Waals surface area (Å²) in [7, 11) is 0. The summed E-state index contributed by atoms with van der Waals surface area (Å²) in [5, 5.41) is 2.84. The Labute approximate surface area is 146 Å². The largest absolute Gasteiger partial charge is 0.325 e. The summed E-state index contributed by atoms with van der Waals surface area (Å²) in [6.07, 6.45) is 0. The molecule has 3 rings (SSSR count). The number of fused-ring (bicyclic) bond motifs is 1. The molecule has 0 saturated heterocycles. The molecule has 1 aliphatic heterocycles.